The molecule has 1 aliphatic rings. The van der Waals surface area contributed by atoms with Gasteiger partial charge in [-0.15, -0.1) is 5.73 Å². The van der Waals surface area contributed by atoms with E-state index in [2.05, 4.69) is 34.7 Å². The third kappa shape index (κ3) is 2.90. The Morgan fingerprint density at radius 3 is 2.94 bits per heavy atom. The van der Waals surface area contributed by atoms with Crippen LogP contribution in [-0.4, -0.2) is 25.5 Å². The van der Waals surface area contributed by atoms with Crippen LogP contribution in [0.25, 0.3) is 0 Å². The van der Waals surface area contributed by atoms with Gasteiger partial charge in [0, 0.05) is 30.9 Å². The zero-order valence-electron chi connectivity index (χ0n) is 10.2. The number of benzene rings is 1. The molecule has 0 radical (unpaired) electrons. The lowest BCUT2D eigenvalue weighted by Gasteiger charge is -2.18. The van der Waals surface area contributed by atoms with Gasteiger partial charge in [-0.05, 0) is 24.3 Å². The van der Waals surface area contributed by atoms with Crippen molar-refractivity contribution in [2.75, 3.05) is 24.5 Å². The summed E-state index contributed by atoms with van der Waals surface area (Å²) in [4.78, 5) is 14.1. The highest BCUT2D eigenvalue weighted by Crippen LogP contribution is 2.18. The number of carbonyl (C=O) groups is 1. The molecule has 2 rings (SSSR count). The number of hydrogen-bond acceptors (Lipinski definition) is 2. The van der Waals surface area contributed by atoms with Crippen LogP contribution in [0, 0.1) is 0 Å². The normalized spacial score (nSPS) is 13.2. The SMILES string of the molecule is C=C=CCNC(=O)c1cccc(N2CC=CC2)c1. The fourth-order valence-electron chi connectivity index (χ4n) is 1.85. The number of hydrogen-bond donors (Lipinski definition) is 1. The minimum atomic E-state index is -0.0736. The van der Waals surface area contributed by atoms with Gasteiger partial charge in [-0.25, -0.2) is 0 Å². The van der Waals surface area contributed by atoms with Crippen LogP contribution in [0.3, 0.4) is 0 Å². The third-order valence-electron chi connectivity index (χ3n) is 2.80. The van der Waals surface area contributed by atoms with Crippen LogP contribution in [0.5, 0.6) is 0 Å². The maximum atomic E-state index is 11.9. The summed E-state index contributed by atoms with van der Waals surface area (Å²) in [6, 6.07) is 7.67. The number of carbonyl (C=O) groups excluding carboxylic acids is 1. The second kappa shape index (κ2) is 5.89. The summed E-state index contributed by atoms with van der Waals surface area (Å²) >= 11 is 0. The quantitative estimate of drug-likeness (QED) is 0.646. The molecule has 0 spiro atoms. The van der Waals surface area contributed by atoms with E-state index in [1.807, 2.05) is 24.3 Å². The molecule has 3 heteroatoms. The van der Waals surface area contributed by atoms with E-state index in [-0.39, 0.29) is 5.91 Å². The Balaban J connectivity index is 2.06. The Kier molecular flexibility index (Phi) is 4.00. The monoisotopic (exact) mass is 240 g/mol. The molecule has 0 saturated heterocycles. The van der Waals surface area contributed by atoms with Gasteiger partial charge >= 0.3 is 0 Å². The summed E-state index contributed by atoms with van der Waals surface area (Å²) in [6.45, 7) is 5.72. The van der Waals surface area contributed by atoms with E-state index in [9.17, 15) is 4.79 Å². The molecule has 0 aliphatic carbocycles. The summed E-state index contributed by atoms with van der Waals surface area (Å²) in [7, 11) is 0. The van der Waals surface area contributed by atoms with Gasteiger partial charge in [-0.1, -0.05) is 24.8 Å². The van der Waals surface area contributed by atoms with Crippen LogP contribution >= 0.6 is 0 Å². The van der Waals surface area contributed by atoms with Crippen molar-refractivity contribution in [3.63, 3.8) is 0 Å². The molecule has 0 aromatic heterocycles. The number of nitrogens with zero attached hydrogens (tertiary/aromatic N) is 1. The average molecular weight is 240 g/mol. The minimum Gasteiger partial charge on any atom is -0.364 e. The number of anilines is 1. The van der Waals surface area contributed by atoms with Crippen LogP contribution in [-0.2, 0) is 0 Å². The number of rotatable bonds is 4. The van der Waals surface area contributed by atoms with Crippen LogP contribution in [0.4, 0.5) is 5.69 Å². The molecule has 1 N–H and O–H groups in total. The highest BCUT2D eigenvalue weighted by atomic mass is 16.1. The Morgan fingerprint density at radius 1 is 1.44 bits per heavy atom. The van der Waals surface area contributed by atoms with Crippen molar-refractivity contribution in [1.29, 1.82) is 0 Å². The molecule has 1 aliphatic heterocycles. The van der Waals surface area contributed by atoms with E-state index in [0.717, 1.165) is 18.8 Å². The van der Waals surface area contributed by atoms with Gasteiger partial charge in [0.1, 0.15) is 0 Å². The molecule has 1 aromatic carbocycles. The molecule has 0 bridgehead atoms. The van der Waals surface area contributed by atoms with Gasteiger partial charge in [0.2, 0.25) is 0 Å². The van der Waals surface area contributed by atoms with Crippen LogP contribution in [0.15, 0.2) is 54.8 Å². The molecule has 1 heterocycles. The van der Waals surface area contributed by atoms with Crippen LogP contribution < -0.4 is 10.2 Å². The highest BCUT2D eigenvalue weighted by molar-refractivity contribution is 5.95. The van der Waals surface area contributed by atoms with Gasteiger partial charge in [0.15, 0.2) is 0 Å². The van der Waals surface area contributed by atoms with Crippen LogP contribution in [0.1, 0.15) is 10.4 Å². The first-order chi connectivity index (χ1) is 8.81. The summed E-state index contributed by atoms with van der Waals surface area (Å²) in [6.07, 6.45) is 5.94. The third-order valence-corrected chi connectivity index (χ3v) is 2.80. The van der Waals surface area contributed by atoms with E-state index in [1.54, 1.807) is 6.08 Å². The van der Waals surface area contributed by atoms with Gasteiger partial charge in [0.25, 0.3) is 5.91 Å². The fourth-order valence-corrected chi connectivity index (χ4v) is 1.85. The fraction of sp³-hybridized carbons (Fsp3) is 0.200. The van der Waals surface area contributed by atoms with Crippen molar-refractivity contribution in [2.45, 2.75) is 0 Å². The van der Waals surface area contributed by atoms with E-state index in [1.165, 1.54) is 0 Å². The molecule has 92 valence electrons. The van der Waals surface area contributed by atoms with Gasteiger partial charge < -0.3 is 10.2 Å². The minimum absolute atomic E-state index is 0.0736. The van der Waals surface area contributed by atoms with Crippen molar-refractivity contribution < 1.29 is 4.79 Å². The maximum Gasteiger partial charge on any atom is 0.251 e. The number of nitrogens with one attached hydrogen (secondary N) is 1. The maximum absolute atomic E-state index is 11.9. The summed E-state index contributed by atoms with van der Waals surface area (Å²) < 4.78 is 0. The van der Waals surface area contributed by atoms with Gasteiger partial charge in [-0.2, -0.15) is 0 Å². The number of amides is 1. The first kappa shape index (κ1) is 12.2. The first-order valence-corrected chi connectivity index (χ1v) is 5.94. The largest absolute Gasteiger partial charge is 0.364 e. The molecule has 3 nitrogen and oxygen atoms in total. The van der Waals surface area contributed by atoms with E-state index in [4.69, 9.17) is 0 Å². The summed E-state index contributed by atoms with van der Waals surface area (Å²) in [5, 5.41) is 2.79. The lowest BCUT2D eigenvalue weighted by molar-refractivity contribution is 0.0958. The smallest absolute Gasteiger partial charge is 0.251 e. The van der Waals surface area contributed by atoms with Crippen molar-refractivity contribution in [2.24, 2.45) is 0 Å². The second-order valence-electron chi connectivity index (χ2n) is 4.04. The van der Waals surface area contributed by atoms with E-state index < -0.39 is 0 Å². The molecule has 0 fully saturated rings. The second-order valence-corrected chi connectivity index (χ2v) is 4.04. The van der Waals surface area contributed by atoms with Crippen molar-refractivity contribution >= 4 is 11.6 Å². The molecular formula is C15H16N2O. The lowest BCUT2D eigenvalue weighted by Crippen LogP contribution is -2.24. The van der Waals surface area contributed by atoms with Gasteiger partial charge in [0.05, 0.1) is 0 Å². The Morgan fingerprint density at radius 2 is 2.22 bits per heavy atom. The first-order valence-electron chi connectivity index (χ1n) is 5.94. The Bertz CT molecular complexity index is 505. The van der Waals surface area contributed by atoms with Crippen molar-refractivity contribution in [3.05, 3.63) is 60.4 Å². The molecule has 18 heavy (non-hydrogen) atoms. The molecule has 0 unspecified atom stereocenters. The highest BCUT2D eigenvalue weighted by Gasteiger charge is 2.10. The van der Waals surface area contributed by atoms with E-state index in [0.29, 0.717) is 12.1 Å². The molecule has 1 aromatic rings. The standard InChI is InChI=1S/C15H16N2O/c1-2-3-9-16-15(18)13-7-6-8-14(12-13)17-10-4-5-11-17/h3-8,12H,1,9-11H2,(H,16,18). The lowest BCUT2D eigenvalue weighted by atomic mass is 10.1. The van der Waals surface area contributed by atoms with Crippen molar-refractivity contribution in [1.82, 2.24) is 5.32 Å². The average Bonchev–Trinajstić information content (AvgIpc) is 2.93. The topological polar surface area (TPSA) is 32.3 Å². The zero-order chi connectivity index (χ0) is 12.8. The van der Waals surface area contributed by atoms with Gasteiger partial charge in [-0.3, -0.25) is 4.79 Å². The van der Waals surface area contributed by atoms with E-state index >= 15 is 0 Å². The molecular weight excluding hydrogens is 224 g/mol. The zero-order valence-corrected chi connectivity index (χ0v) is 10.2. The van der Waals surface area contributed by atoms with Crippen molar-refractivity contribution in [3.8, 4) is 0 Å². The van der Waals surface area contributed by atoms with Crippen LogP contribution in [0.2, 0.25) is 0 Å². The predicted octanol–water partition coefficient (Wildman–Crippen LogP) is 2.13. The molecule has 0 atom stereocenters. The Labute approximate surface area is 107 Å². The predicted molar refractivity (Wildman–Crippen MR) is 73.8 cm³/mol. The molecule has 1 amide bonds. The molecule has 0 saturated carbocycles. The summed E-state index contributed by atoms with van der Waals surface area (Å²) in [5.41, 5.74) is 4.38. The summed E-state index contributed by atoms with van der Waals surface area (Å²) in [5.74, 6) is -0.0736. The Hall–Kier alpha value is -2.25.